The van der Waals surface area contributed by atoms with Gasteiger partial charge in [0.2, 0.25) is 5.89 Å². The van der Waals surface area contributed by atoms with Gasteiger partial charge in [-0.1, -0.05) is 42.4 Å². The van der Waals surface area contributed by atoms with E-state index < -0.39 is 0 Å². The van der Waals surface area contributed by atoms with Crippen molar-refractivity contribution in [2.45, 2.75) is 23.8 Å². The standard InChI is InChI=1S/C15H16N2O2S2/c1-10-14(21-8-7-20-10)15-16-13(19-17-15)9-12(18)11-5-3-2-4-6-11/h2-6,10,14H,7-9H2,1H3. The van der Waals surface area contributed by atoms with Crippen LogP contribution in [0.25, 0.3) is 0 Å². The Morgan fingerprint density at radius 3 is 2.81 bits per heavy atom. The third-order valence-electron chi connectivity index (χ3n) is 3.33. The van der Waals surface area contributed by atoms with Crippen LogP contribution in [0.3, 0.4) is 0 Å². The van der Waals surface area contributed by atoms with E-state index in [1.165, 1.54) is 5.75 Å². The molecule has 2 heterocycles. The number of carbonyl (C=O) groups excluding carboxylic acids is 1. The summed E-state index contributed by atoms with van der Waals surface area (Å²) in [5, 5.41) is 4.79. The van der Waals surface area contributed by atoms with Gasteiger partial charge < -0.3 is 4.52 Å². The Balaban J connectivity index is 1.69. The molecule has 1 aromatic heterocycles. The zero-order valence-corrected chi connectivity index (χ0v) is 13.3. The average Bonchev–Trinajstić information content (AvgIpc) is 2.97. The Morgan fingerprint density at radius 1 is 1.29 bits per heavy atom. The first-order chi connectivity index (χ1) is 10.2. The molecule has 1 fully saturated rings. The fraction of sp³-hybridized carbons (Fsp3) is 0.400. The van der Waals surface area contributed by atoms with Gasteiger partial charge in [-0.25, -0.2) is 0 Å². The van der Waals surface area contributed by atoms with Gasteiger partial charge in [-0.2, -0.15) is 16.7 Å². The molecular weight excluding hydrogens is 304 g/mol. The minimum Gasteiger partial charge on any atom is -0.339 e. The van der Waals surface area contributed by atoms with Crippen LogP contribution in [0.15, 0.2) is 34.9 Å². The number of carbonyl (C=O) groups is 1. The second kappa shape index (κ2) is 6.66. The number of Topliss-reactive ketones (excluding diaryl/α,β-unsaturated/α-hetero) is 1. The van der Waals surface area contributed by atoms with Gasteiger partial charge in [-0.15, -0.1) is 11.8 Å². The Morgan fingerprint density at radius 2 is 2.05 bits per heavy atom. The summed E-state index contributed by atoms with van der Waals surface area (Å²) in [6.07, 6.45) is 0.163. The van der Waals surface area contributed by atoms with Crippen LogP contribution < -0.4 is 0 Å². The highest BCUT2D eigenvalue weighted by Gasteiger charge is 2.28. The van der Waals surface area contributed by atoms with E-state index in [2.05, 4.69) is 17.1 Å². The summed E-state index contributed by atoms with van der Waals surface area (Å²) >= 11 is 3.79. The minimum absolute atomic E-state index is 0.00419. The molecule has 1 aliphatic heterocycles. The van der Waals surface area contributed by atoms with Gasteiger partial charge in [-0.3, -0.25) is 4.79 Å². The Kier molecular flexibility index (Phi) is 4.65. The summed E-state index contributed by atoms with van der Waals surface area (Å²) in [6, 6.07) is 9.19. The topological polar surface area (TPSA) is 56.0 Å². The largest absolute Gasteiger partial charge is 0.339 e. The zero-order chi connectivity index (χ0) is 14.7. The first-order valence-electron chi connectivity index (χ1n) is 6.88. The van der Waals surface area contributed by atoms with Crippen molar-refractivity contribution in [3.63, 3.8) is 0 Å². The normalized spacial score (nSPS) is 22.1. The maximum atomic E-state index is 12.1. The van der Waals surface area contributed by atoms with Crippen LogP contribution in [-0.2, 0) is 6.42 Å². The number of rotatable bonds is 4. The van der Waals surface area contributed by atoms with Crippen molar-refractivity contribution in [2.24, 2.45) is 0 Å². The van der Waals surface area contributed by atoms with Crippen molar-refractivity contribution in [3.8, 4) is 0 Å². The molecule has 4 nitrogen and oxygen atoms in total. The van der Waals surface area contributed by atoms with Gasteiger partial charge in [-0.05, 0) is 0 Å². The predicted octanol–water partition coefficient (Wildman–Crippen LogP) is 3.40. The van der Waals surface area contributed by atoms with E-state index in [1.54, 1.807) is 12.1 Å². The third-order valence-corrected chi connectivity index (χ3v) is 6.42. The van der Waals surface area contributed by atoms with Crippen LogP contribution in [0.5, 0.6) is 0 Å². The molecule has 1 saturated heterocycles. The molecule has 3 rings (SSSR count). The molecule has 110 valence electrons. The van der Waals surface area contributed by atoms with Gasteiger partial charge in [0.1, 0.15) is 0 Å². The molecule has 0 amide bonds. The smallest absolute Gasteiger partial charge is 0.234 e. The molecule has 0 radical (unpaired) electrons. The SMILES string of the molecule is CC1SCCSC1c1noc(CC(=O)c2ccccc2)n1. The van der Waals surface area contributed by atoms with E-state index in [-0.39, 0.29) is 17.5 Å². The van der Waals surface area contributed by atoms with E-state index in [0.717, 1.165) is 11.6 Å². The number of benzene rings is 1. The van der Waals surface area contributed by atoms with Gasteiger partial charge in [0.15, 0.2) is 11.6 Å². The highest BCUT2D eigenvalue weighted by molar-refractivity contribution is 8.06. The quantitative estimate of drug-likeness (QED) is 0.805. The molecule has 0 N–H and O–H groups in total. The molecule has 2 unspecified atom stereocenters. The molecule has 6 heteroatoms. The summed E-state index contributed by atoms with van der Waals surface area (Å²) in [7, 11) is 0. The summed E-state index contributed by atoms with van der Waals surface area (Å²) in [5.41, 5.74) is 0.674. The molecule has 0 spiro atoms. The van der Waals surface area contributed by atoms with Crippen LogP contribution in [0.2, 0.25) is 0 Å². The molecule has 0 bridgehead atoms. The number of hydrogen-bond acceptors (Lipinski definition) is 6. The highest BCUT2D eigenvalue weighted by Crippen LogP contribution is 2.41. The van der Waals surface area contributed by atoms with Crippen LogP contribution >= 0.6 is 23.5 Å². The number of nitrogens with zero attached hydrogens (tertiary/aromatic N) is 2. The summed E-state index contributed by atoms with van der Waals surface area (Å²) in [5.74, 6) is 3.40. The van der Waals surface area contributed by atoms with E-state index >= 15 is 0 Å². The van der Waals surface area contributed by atoms with Gasteiger partial charge in [0.25, 0.3) is 0 Å². The lowest BCUT2D eigenvalue weighted by atomic mass is 10.1. The lowest BCUT2D eigenvalue weighted by Crippen LogP contribution is -2.17. The molecule has 1 aliphatic rings. The molecule has 21 heavy (non-hydrogen) atoms. The average molecular weight is 320 g/mol. The molecule has 2 atom stereocenters. The van der Waals surface area contributed by atoms with E-state index in [9.17, 15) is 4.79 Å². The number of aromatic nitrogens is 2. The maximum absolute atomic E-state index is 12.1. The van der Waals surface area contributed by atoms with Crippen molar-refractivity contribution in [1.29, 1.82) is 0 Å². The fourth-order valence-electron chi connectivity index (χ4n) is 2.24. The maximum Gasteiger partial charge on any atom is 0.234 e. The second-order valence-electron chi connectivity index (χ2n) is 4.88. The summed E-state index contributed by atoms with van der Waals surface area (Å²) in [6.45, 7) is 2.19. The second-order valence-corrected chi connectivity index (χ2v) is 7.61. The van der Waals surface area contributed by atoms with Crippen molar-refractivity contribution in [3.05, 3.63) is 47.6 Å². The minimum atomic E-state index is 0.00419. The van der Waals surface area contributed by atoms with E-state index in [0.29, 0.717) is 16.7 Å². The Hall–Kier alpha value is -1.27. The summed E-state index contributed by atoms with van der Waals surface area (Å²) < 4.78 is 5.25. The van der Waals surface area contributed by atoms with Crippen LogP contribution in [-0.4, -0.2) is 32.7 Å². The third kappa shape index (κ3) is 3.49. The Labute approximate surface area is 132 Å². The molecule has 1 aromatic carbocycles. The van der Waals surface area contributed by atoms with Crippen LogP contribution in [0.4, 0.5) is 0 Å². The highest BCUT2D eigenvalue weighted by atomic mass is 32.2. The van der Waals surface area contributed by atoms with Crippen molar-refractivity contribution in [1.82, 2.24) is 10.1 Å². The molecule has 0 aliphatic carbocycles. The van der Waals surface area contributed by atoms with Gasteiger partial charge in [0.05, 0.1) is 11.7 Å². The number of thioether (sulfide) groups is 2. The van der Waals surface area contributed by atoms with Crippen molar-refractivity contribution in [2.75, 3.05) is 11.5 Å². The van der Waals surface area contributed by atoms with E-state index in [1.807, 2.05) is 41.7 Å². The lowest BCUT2D eigenvalue weighted by Gasteiger charge is -2.24. The molecule has 2 aromatic rings. The molecule has 0 saturated carbocycles. The monoisotopic (exact) mass is 320 g/mol. The zero-order valence-electron chi connectivity index (χ0n) is 11.7. The number of ketones is 1. The van der Waals surface area contributed by atoms with Crippen molar-refractivity contribution < 1.29 is 9.32 Å². The first-order valence-corrected chi connectivity index (χ1v) is 8.98. The van der Waals surface area contributed by atoms with Crippen LogP contribution in [0, 0.1) is 0 Å². The molecular formula is C15H16N2O2S2. The predicted molar refractivity (Wildman–Crippen MR) is 85.9 cm³/mol. The van der Waals surface area contributed by atoms with Gasteiger partial charge in [0, 0.05) is 22.3 Å². The van der Waals surface area contributed by atoms with Gasteiger partial charge >= 0.3 is 0 Å². The van der Waals surface area contributed by atoms with Crippen molar-refractivity contribution >= 4 is 29.3 Å². The fourth-order valence-corrected chi connectivity index (χ4v) is 4.91. The first kappa shape index (κ1) is 14.7. The Bertz CT molecular complexity index is 615. The van der Waals surface area contributed by atoms with E-state index in [4.69, 9.17) is 4.52 Å². The lowest BCUT2D eigenvalue weighted by molar-refractivity contribution is 0.0983. The number of hydrogen-bond donors (Lipinski definition) is 0. The van der Waals surface area contributed by atoms with Crippen LogP contribution in [0.1, 0.15) is 34.2 Å². The summed E-state index contributed by atoms with van der Waals surface area (Å²) in [4.78, 5) is 16.5.